The zero-order valence-electron chi connectivity index (χ0n) is 15.7. The van der Waals surface area contributed by atoms with Crippen LogP contribution in [0.25, 0.3) is 16.7 Å². The molecular weight excluding hydrogens is 421 g/mol. The van der Waals surface area contributed by atoms with Crippen LogP contribution in [0.4, 0.5) is 18.9 Å². The summed E-state index contributed by atoms with van der Waals surface area (Å²) in [5, 5.41) is 8.69. The quantitative estimate of drug-likeness (QED) is 0.530. The number of nitrogens with zero attached hydrogens (tertiary/aromatic N) is 5. The molecule has 3 heterocycles. The molecule has 3 aromatic heterocycles. The van der Waals surface area contributed by atoms with Crippen LogP contribution in [0.5, 0.6) is 0 Å². The first kappa shape index (κ1) is 19.9. The smallest absolute Gasteiger partial charge is 0.277 e. The number of hydrogen-bond acceptors (Lipinski definition) is 5. The number of rotatable bonds is 4. The van der Waals surface area contributed by atoms with E-state index in [1.807, 2.05) is 0 Å². The van der Waals surface area contributed by atoms with Crippen molar-refractivity contribution >= 4 is 26.7 Å². The van der Waals surface area contributed by atoms with Crippen LogP contribution in [-0.4, -0.2) is 33.0 Å². The van der Waals surface area contributed by atoms with Gasteiger partial charge in [0.2, 0.25) is 0 Å². The fourth-order valence-corrected chi connectivity index (χ4v) is 4.08. The third kappa shape index (κ3) is 3.49. The van der Waals surface area contributed by atoms with Gasteiger partial charge in [0, 0.05) is 31.0 Å². The van der Waals surface area contributed by atoms with Crippen molar-refractivity contribution in [3.8, 4) is 5.69 Å². The highest BCUT2D eigenvalue weighted by atomic mass is 32.2. The van der Waals surface area contributed by atoms with Gasteiger partial charge in [0.25, 0.3) is 10.0 Å². The minimum atomic E-state index is -4.64. The molecule has 4 rings (SSSR count). The molecule has 30 heavy (non-hydrogen) atoms. The third-order valence-corrected chi connectivity index (χ3v) is 5.80. The van der Waals surface area contributed by atoms with Crippen molar-refractivity contribution in [1.29, 1.82) is 0 Å². The Morgan fingerprint density at radius 2 is 1.93 bits per heavy atom. The molecule has 0 atom stereocenters. The van der Waals surface area contributed by atoms with E-state index in [2.05, 4.69) is 19.9 Å². The Morgan fingerprint density at radius 1 is 1.17 bits per heavy atom. The van der Waals surface area contributed by atoms with Gasteiger partial charge in [-0.25, -0.2) is 18.1 Å². The average Bonchev–Trinajstić information content (AvgIpc) is 3.29. The number of anilines is 1. The number of aryl methyl sites for hydroxylation is 2. The largest absolute Gasteiger partial charge is 0.416 e. The first-order valence-electron chi connectivity index (χ1n) is 8.60. The summed E-state index contributed by atoms with van der Waals surface area (Å²) in [6, 6.07) is 5.70. The van der Waals surface area contributed by atoms with E-state index in [-0.39, 0.29) is 16.3 Å². The van der Waals surface area contributed by atoms with Gasteiger partial charge in [-0.3, -0.25) is 9.40 Å². The van der Waals surface area contributed by atoms with Crippen LogP contribution in [0.15, 0.2) is 53.8 Å². The van der Waals surface area contributed by atoms with Crippen LogP contribution in [0.3, 0.4) is 0 Å². The summed E-state index contributed by atoms with van der Waals surface area (Å²) in [7, 11) is -2.57. The molecule has 0 aliphatic carbocycles. The molecule has 0 amide bonds. The van der Waals surface area contributed by atoms with Gasteiger partial charge in [-0.1, -0.05) is 0 Å². The van der Waals surface area contributed by atoms with Crippen LogP contribution in [0.1, 0.15) is 11.3 Å². The lowest BCUT2D eigenvalue weighted by Gasteiger charge is -2.15. The molecule has 0 spiro atoms. The third-order valence-electron chi connectivity index (χ3n) is 4.47. The van der Waals surface area contributed by atoms with Crippen LogP contribution in [-0.2, 0) is 23.2 Å². The highest BCUT2D eigenvalue weighted by molar-refractivity contribution is 7.92. The molecule has 0 aliphatic heterocycles. The summed E-state index contributed by atoms with van der Waals surface area (Å²) in [4.78, 5) is 3.92. The average molecular weight is 436 g/mol. The van der Waals surface area contributed by atoms with Crippen molar-refractivity contribution in [2.75, 3.05) is 4.72 Å². The Balaban J connectivity index is 1.81. The van der Waals surface area contributed by atoms with E-state index in [0.29, 0.717) is 16.7 Å². The summed E-state index contributed by atoms with van der Waals surface area (Å²) in [5.41, 5.74) is -0.0522. The minimum Gasteiger partial charge on any atom is -0.277 e. The highest BCUT2D eigenvalue weighted by Gasteiger charge is 2.32. The maximum absolute atomic E-state index is 13.2. The zero-order chi connectivity index (χ0) is 21.7. The fraction of sp³-hybridized carbons (Fsp3) is 0.167. The summed E-state index contributed by atoms with van der Waals surface area (Å²) in [6.45, 7) is 1.70. The van der Waals surface area contributed by atoms with Crippen molar-refractivity contribution in [3.05, 3.63) is 60.2 Å². The number of fused-ring (bicyclic) bond motifs is 1. The maximum Gasteiger partial charge on any atom is 0.416 e. The highest BCUT2D eigenvalue weighted by Crippen LogP contribution is 2.34. The number of pyridine rings is 1. The molecule has 8 nitrogen and oxygen atoms in total. The predicted molar refractivity (Wildman–Crippen MR) is 103 cm³/mol. The van der Waals surface area contributed by atoms with E-state index in [1.54, 1.807) is 20.0 Å². The Hall–Kier alpha value is -3.41. The molecule has 12 heteroatoms. The van der Waals surface area contributed by atoms with E-state index in [1.165, 1.54) is 27.8 Å². The van der Waals surface area contributed by atoms with Crippen molar-refractivity contribution in [2.45, 2.75) is 18.0 Å². The van der Waals surface area contributed by atoms with E-state index >= 15 is 0 Å². The van der Waals surface area contributed by atoms with Crippen LogP contribution < -0.4 is 4.72 Å². The molecule has 0 saturated heterocycles. The number of nitrogens with one attached hydrogen (secondary N) is 1. The van der Waals surface area contributed by atoms with Gasteiger partial charge in [0.1, 0.15) is 4.90 Å². The van der Waals surface area contributed by atoms with Gasteiger partial charge in [0.15, 0.2) is 5.65 Å². The Bertz CT molecular complexity index is 1340. The van der Waals surface area contributed by atoms with Crippen molar-refractivity contribution in [3.63, 3.8) is 0 Å². The number of sulfonamides is 1. The second-order valence-corrected chi connectivity index (χ2v) is 8.22. The molecule has 1 N–H and O–H groups in total. The van der Waals surface area contributed by atoms with E-state index < -0.39 is 21.8 Å². The molecule has 0 unspecified atom stereocenters. The zero-order valence-corrected chi connectivity index (χ0v) is 16.5. The van der Waals surface area contributed by atoms with Gasteiger partial charge >= 0.3 is 6.18 Å². The lowest BCUT2D eigenvalue weighted by atomic mass is 10.1. The Morgan fingerprint density at radius 3 is 2.60 bits per heavy atom. The first-order chi connectivity index (χ1) is 14.1. The molecule has 0 saturated carbocycles. The van der Waals surface area contributed by atoms with Crippen molar-refractivity contribution in [1.82, 2.24) is 24.5 Å². The summed E-state index contributed by atoms with van der Waals surface area (Å²) in [6.07, 6.45) is -0.588. The van der Waals surface area contributed by atoms with Crippen molar-refractivity contribution < 1.29 is 21.6 Å². The normalized spacial score (nSPS) is 12.4. The molecular formula is C18H15F3N6O2S. The molecule has 0 bridgehead atoms. The SMILES string of the molecule is Cc1nn(C)c2ncc(S(=O)(=O)Nc3cc(C(F)(F)F)ccc3-n3cccn3)cc12. The van der Waals surface area contributed by atoms with E-state index in [0.717, 1.165) is 24.4 Å². The molecule has 0 fully saturated rings. The summed E-state index contributed by atoms with van der Waals surface area (Å²) >= 11 is 0. The lowest BCUT2D eigenvalue weighted by molar-refractivity contribution is -0.137. The van der Waals surface area contributed by atoms with Gasteiger partial charge < -0.3 is 0 Å². The topological polar surface area (TPSA) is 94.7 Å². The predicted octanol–water partition coefficient (Wildman–Crippen LogP) is 3.28. The number of aromatic nitrogens is 5. The second-order valence-electron chi connectivity index (χ2n) is 6.54. The van der Waals surface area contributed by atoms with E-state index in [9.17, 15) is 21.6 Å². The molecule has 4 aromatic rings. The van der Waals surface area contributed by atoms with Crippen molar-refractivity contribution in [2.24, 2.45) is 7.05 Å². The van der Waals surface area contributed by atoms with E-state index in [4.69, 9.17) is 0 Å². The van der Waals surface area contributed by atoms with Crippen LogP contribution in [0.2, 0.25) is 0 Å². The summed E-state index contributed by atoms with van der Waals surface area (Å²) in [5.74, 6) is 0. The lowest BCUT2D eigenvalue weighted by Crippen LogP contribution is -2.16. The van der Waals surface area contributed by atoms with Gasteiger partial charge in [-0.2, -0.15) is 23.4 Å². The molecule has 156 valence electrons. The van der Waals surface area contributed by atoms with Gasteiger partial charge in [0.05, 0.1) is 22.6 Å². The Kier molecular flexibility index (Phi) is 4.53. The fourth-order valence-electron chi connectivity index (χ4n) is 3.04. The monoisotopic (exact) mass is 436 g/mol. The Labute approximate surface area is 169 Å². The standard InChI is InChI=1S/C18H15F3N6O2S/c1-11-14-9-13(10-22-17(14)26(2)24-11)30(28,29)25-15-8-12(18(19,20)21)4-5-16(15)27-7-3-6-23-27/h3-10,25H,1-2H3. The molecule has 0 aliphatic rings. The number of alkyl halides is 3. The maximum atomic E-state index is 13.2. The number of hydrogen-bond donors (Lipinski definition) is 1. The van der Waals surface area contributed by atoms with Crippen LogP contribution >= 0.6 is 0 Å². The van der Waals surface area contributed by atoms with Gasteiger partial charge in [-0.05, 0) is 37.3 Å². The van der Waals surface area contributed by atoms with Crippen LogP contribution in [0, 0.1) is 6.92 Å². The summed E-state index contributed by atoms with van der Waals surface area (Å²) < 4.78 is 70.5. The van der Waals surface area contributed by atoms with Gasteiger partial charge in [-0.15, -0.1) is 0 Å². The number of halogens is 3. The molecule has 0 radical (unpaired) electrons. The number of benzene rings is 1. The molecule has 1 aromatic carbocycles. The minimum absolute atomic E-state index is 0.142. The first-order valence-corrected chi connectivity index (χ1v) is 10.1. The second kappa shape index (κ2) is 6.83.